The smallest absolute Gasteiger partial charge is 0.238 e. The fourth-order valence-electron chi connectivity index (χ4n) is 5.80. The van der Waals surface area contributed by atoms with Gasteiger partial charge in [-0.15, -0.1) is 0 Å². The van der Waals surface area contributed by atoms with E-state index in [1.807, 2.05) is 32.0 Å². The number of amides is 2. The monoisotopic (exact) mass is 423 g/mol. The number of fused-ring (bicyclic) bond motifs is 5. The molecular formula is C23H22BrNO2. The molecule has 3 fully saturated rings. The normalized spacial score (nSPS) is 31.7. The van der Waals surface area contributed by atoms with Crippen LogP contribution in [0, 0.1) is 37.5 Å². The second kappa shape index (κ2) is 6.03. The maximum absolute atomic E-state index is 13.4. The lowest BCUT2D eigenvalue weighted by atomic mass is 9.73. The van der Waals surface area contributed by atoms with Gasteiger partial charge in [-0.2, -0.15) is 0 Å². The second-order valence-electron chi connectivity index (χ2n) is 8.29. The molecule has 2 aliphatic carbocycles. The number of nitrogens with zero attached hydrogens (tertiary/aromatic N) is 1. The van der Waals surface area contributed by atoms with Crippen LogP contribution >= 0.6 is 15.9 Å². The van der Waals surface area contributed by atoms with E-state index >= 15 is 0 Å². The van der Waals surface area contributed by atoms with Gasteiger partial charge in [-0.05, 0) is 73.3 Å². The van der Waals surface area contributed by atoms with E-state index in [1.54, 1.807) is 0 Å². The van der Waals surface area contributed by atoms with Crippen molar-refractivity contribution >= 4 is 33.4 Å². The Morgan fingerprint density at radius 1 is 0.889 bits per heavy atom. The molecule has 2 aromatic rings. The first-order chi connectivity index (χ1) is 13.0. The number of hydrogen-bond acceptors (Lipinski definition) is 2. The third-order valence-corrected chi connectivity index (χ3v) is 8.04. The number of anilines is 1. The van der Waals surface area contributed by atoms with Crippen LogP contribution in [-0.4, -0.2) is 11.8 Å². The summed E-state index contributed by atoms with van der Waals surface area (Å²) in [5.74, 6) is 0.804. The Morgan fingerprint density at radius 2 is 1.59 bits per heavy atom. The van der Waals surface area contributed by atoms with E-state index < -0.39 is 0 Å². The Morgan fingerprint density at radius 3 is 2.33 bits per heavy atom. The first kappa shape index (κ1) is 17.2. The first-order valence-electron chi connectivity index (χ1n) is 9.67. The number of hydrogen-bond donors (Lipinski definition) is 0. The van der Waals surface area contributed by atoms with Crippen LogP contribution in [0.4, 0.5) is 5.69 Å². The Bertz CT molecular complexity index is 954. The van der Waals surface area contributed by atoms with E-state index in [9.17, 15) is 9.59 Å². The summed E-state index contributed by atoms with van der Waals surface area (Å²) in [5.41, 5.74) is 4.15. The van der Waals surface area contributed by atoms with Crippen molar-refractivity contribution in [3.63, 3.8) is 0 Å². The van der Waals surface area contributed by atoms with Crippen LogP contribution in [0.3, 0.4) is 0 Å². The molecule has 0 N–H and O–H groups in total. The average molecular weight is 424 g/mol. The summed E-state index contributed by atoms with van der Waals surface area (Å²) < 4.78 is 1.01. The van der Waals surface area contributed by atoms with E-state index in [2.05, 4.69) is 40.2 Å². The highest BCUT2D eigenvalue weighted by molar-refractivity contribution is 9.10. The molecule has 0 spiro atoms. The number of carbonyl (C=O) groups is 2. The maximum Gasteiger partial charge on any atom is 0.238 e. The molecule has 2 aromatic carbocycles. The Labute approximate surface area is 167 Å². The molecule has 2 amide bonds. The number of carbonyl (C=O) groups excluding carboxylic acids is 2. The molecule has 0 unspecified atom stereocenters. The van der Waals surface area contributed by atoms with Crippen molar-refractivity contribution in [2.45, 2.75) is 32.6 Å². The number of imide groups is 1. The van der Waals surface area contributed by atoms with Crippen molar-refractivity contribution in [1.29, 1.82) is 0 Å². The Balaban J connectivity index is 1.52. The van der Waals surface area contributed by atoms with Crippen LogP contribution in [0.25, 0.3) is 0 Å². The van der Waals surface area contributed by atoms with Crippen molar-refractivity contribution < 1.29 is 9.59 Å². The van der Waals surface area contributed by atoms with Crippen molar-refractivity contribution in [2.24, 2.45) is 23.7 Å². The zero-order valence-electron chi connectivity index (χ0n) is 15.5. The molecule has 2 saturated carbocycles. The van der Waals surface area contributed by atoms with Gasteiger partial charge in [-0.3, -0.25) is 9.59 Å². The zero-order valence-corrected chi connectivity index (χ0v) is 17.1. The van der Waals surface area contributed by atoms with Gasteiger partial charge in [0.1, 0.15) is 0 Å². The molecule has 0 radical (unpaired) electrons. The lowest BCUT2D eigenvalue weighted by molar-refractivity contribution is -0.123. The van der Waals surface area contributed by atoms with E-state index in [0.29, 0.717) is 17.8 Å². The molecule has 1 aliphatic heterocycles. The number of halogens is 1. The molecule has 1 saturated heterocycles. The van der Waals surface area contributed by atoms with E-state index in [1.165, 1.54) is 10.5 Å². The van der Waals surface area contributed by atoms with Gasteiger partial charge in [-0.1, -0.05) is 46.3 Å². The van der Waals surface area contributed by atoms with Gasteiger partial charge < -0.3 is 0 Å². The molecule has 138 valence electrons. The second-order valence-corrected chi connectivity index (χ2v) is 9.15. The fourth-order valence-corrected chi connectivity index (χ4v) is 6.23. The summed E-state index contributed by atoms with van der Waals surface area (Å²) in [5, 5.41) is 0. The van der Waals surface area contributed by atoms with Crippen molar-refractivity contribution in [1.82, 2.24) is 0 Å². The van der Waals surface area contributed by atoms with Crippen LogP contribution in [0.1, 0.15) is 35.4 Å². The van der Waals surface area contributed by atoms with E-state index in [0.717, 1.165) is 34.1 Å². The summed E-state index contributed by atoms with van der Waals surface area (Å²) in [4.78, 5) is 28.2. The highest BCUT2D eigenvalue weighted by Crippen LogP contribution is 2.62. The minimum absolute atomic E-state index is 0.0166. The minimum atomic E-state index is -0.148. The third-order valence-electron chi connectivity index (χ3n) is 7.18. The first-order valence-corrected chi connectivity index (χ1v) is 10.5. The molecular weight excluding hydrogens is 402 g/mol. The summed E-state index contributed by atoms with van der Waals surface area (Å²) in [6, 6.07) is 14.3. The molecule has 4 heteroatoms. The topological polar surface area (TPSA) is 37.4 Å². The predicted molar refractivity (Wildman–Crippen MR) is 108 cm³/mol. The Hall–Kier alpha value is -1.94. The molecule has 2 bridgehead atoms. The number of benzene rings is 2. The van der Waals surface area contributed by atoms with E-state index in [4.69, 9.17) is 0 Å². The molecule has 0 aromatic heterocycles. The predicted octanol–water partition coefficient (Wildman–Crippen LogP) is 5.00. The average Bonchev–Trinajstić information content (AvgIpc) is 3.33. The molecule has 1 heterocycles. The van der Waals surface area contributed by atoms with Gasteiger partial charge in [-0.25, -0.2) is 4.90 Å². The van der Waals surface area contributed by atoms with Gasteiger partial charge in [0.05, 0.1) is 17.5 Å². The standard InChI is InChI=1S/C23H22BrNO2/c1-12-13(2)19(9-8-18(12)24)25-22(26)20-15-10-16(14-6-4-3-5-7-14)17(11-15)21(20)23(25)27/h3-9,15-17,20-21H,10-11H2,1-2H3/t15-,16+,17+,20+,21-/m0/s1. The highest BCUT2D eigenvalue weighted by Gasteiger charge is 2.64. The van der Waals surface area contributed by atoms with Crippen molar-refractivity contribution in [2.75, 3.05) is 4.90 Å². The van der Waals surface area contributed by atoms with Gasteiger partial charge in [0, 0.05) is 4.47 Å². The largest absolute Gasteiger partial charge is 0.274 e. The highest BCUT2D eigenvalue weighted by atomic mass is 79.9. The molecule has 3 aliphatic rings. The van der Waals surface area contributed by atoms with Gasteiger partial charge >= 0.3 is 0 Å². The van der Waals surface area contributed by atoms with Crippen LogP contribution < -0.4 is 4.90 Å². The van der Waals surface area contributed by atoms with Crippen molar-refractivity contribution in [3.8, 4) is 0 Å². The summed E-state index contributed by atoms with van der Waals surface area (Å²) in [7, 11) is 0. The van der Waals surface area contributed by atoms with Gasteiger partial charge in [0.15, 0.2) is 0 Å². The number of rotatable bonds is 2. The SMILES string of the molecule is Cc1c(Br)ccc(N2C(=O)[C@@H]3[C@@H]4C[C@@H]([C@@H]3C2=O)[C@@H](c2ccccc2)C4)c1C. The minimum Gasteiger partial charge on any atom is -0.274 e. The third kappa shape index (κ3) is 2.32. The van der Waals surface area contributed by atoms with Crippen LogP contribution in [0.15, 0.2) is 46.9 Å². The van der Waals surface area contributed by atoms with Gasteiger partial charge in [0.25, 0.3) is 0 Å². The van der Waals surface area contributed by atoms with Crippen LogP contribution in [0.5, 0.6) is 0 Å². The summed E-state index contributed by atoms with van der Waals surface area (Å²) in [6.07, 6.45) is 2.04. The molecule has 5 atom stereocenters. The Kier molecular flexibility index (Phi) is 3.84. The lowest BCUT2D eigenvalue weighted by Gasteiger charge is -2.28. The molecule has 3 nitrogen and oxygen atoms in total. The molecule has 27 heavy (non-hydrogen) atoms. The quantitative estimate of drug-likeness (QED) is 0.637. The zero-order chi connectivity index (χ0) is 18.9. The van der Waals surface area contributed by atoms with Crippen molar-refractivity contribution in [3.05, 3.63) is 63.6 Å². The summed E-state index contributed by atoms with van der Waals surface area (Å²) >= 11 is 3.54. The van der Waals surface area contributed by atoms with E-state index in [-0.39, 0.29) is 23.7 Å². The lowest BCUT2D eigenvalue weighted by Crippen LogP contribution is -2.33. The van der Waals surface area contributed by atoms with Crippen LogP contribution in [0.2, 0.25) is 0 Å². The molecule has 5 rings (SSSR count). The maximum atomic E-state index is 13.4. The summed E-state index contributed by atoms with van der Waals surface area (Å²) in [6.45, 7) is 4.01. The van der Waals surface area contributed by atoms with Crippen LogP contribution in [-0.2, 0) is 9.59 Å². The van der Waals surface area contributed by atoms with Gasteiger partial charge in [0.2, 0.25) is 11.8 Å². The fraction of sp³-hybridized carbons (Fsp3) is 0.391.